The highest BCUT2D eigenvalue weighted by Gasteiger charge is 2.11. The quantitative estimate of drug-likeness (QED) is 0.697. The number of hydrogen-bond acceptors (Lipinski definition) is 4. The molecule has 0 amide bonds. The fourth-order valence-corrected chi connectivity index (χ4v) is 0.962. The highest BCUT2D eigenvalue weighted by atomic mass is 16.6. The van der Waals surface area contributed by atoms with Gasteiger partial charge >= 0.3 is 0 Å². The lowest BCUT2D eigenvalue weighted by molar-refractivity contribution is 0.299. The molecule has 0 radical (unpaired) electrons. The summed E-state index contributed by atoms with van der Waals surface area (Å²) in [6.45, 7) is 4.70. The molecule has 1 heterocycles. The zero-order chi connectivity index (χ0) is 8.27. The summed E-state index contributed by atoms with van der Waals surface area (Å²) in [5.74, 6) is 0.364. The van der Waals surface area contributed by atoms with E-state index < -0.39 is 0 Å². The molecule has 0 fully saturated rings. The van der Waals surface area contributed by atoms with Gasteiger partial charge in [0.25, 0.3) is 0 Å². The van der Waals surface area contributed by atoms with Crippen LogP contribution >= 0.6 is 0 Å². The van der Waals surface area contributed by atoms with Gasteiger partial charge in [-0.25, -0.2) is 4.63 Å². The maximum absolute atomic E-state index is 5.38. The van der Waals surface area contributed by atoms with Crippen molar-refractivity contribution in [2.24, 2.45) is 5.73 Å². The highest BCUT2D eigenvalue weighted by molar-refractivity contribution is 5.11. The van der Waals surface area contributed by atoms with Crippen LogP contribution in [0.3, 0.4) is 0 Å². The van der Waals surface area contributed by atoms with Crippen molar-refractivity contribution in [1.29, 1.82) is 0 Å². The molecule has 4 heteroatoms. The van der Waals surface area contributed by atoms with Gasteiger partial charge in [-0.15, -0.1) is 0 Å². The first-order valence-electron chi connectivity index (χ1n) is 3.77. The third-order valence-corrected chi connectivity index (χ3v) is 1.51. The molecule has 0 spiro atoms. The predicted molar refractivity (Wildman–Crippen MR) is 41.1 cm³/mol. The Hall–Kier alpha value is -0.900. The van der Waals surface area contributed by atoms with Crippen LogP contribution in [0.25, 0.3) is 0 Å². The minimum atomic E-state index is 0.364. The Kier molecular flexibility index (Phi) is 2.59. The predicted octanol–water partition coefficient (Wildman–Crippen LogP) is 0.694. The van der Waals surface area contributed by atoms with Crippen molar-refractivity contribution in [3.8, 4) is 0 Å². The summed E-state index contributed by atoms with van der Waals surface area (Å²) >= 11 is 0. The van der Waals surface area contributed by atoms with Gasteiger partial charge < -0.3 is 5.73 Å². The lowest BCUT2D eigenvalue weighted by atomic mass is 10.1. The number of rotatable bonds is 3. The molecule has 1 rings (SSSR count). The Labute approximate surface area is 65.7 Å². The first kappa shape index (κ1) is 8.20. The number of aromatic nitrogens is 2. The molecule has 4 nitrogen and oxygen atoms in total. The second kappa shape index (κ2) is 3.48. The van der Waals surface area contributed by atoms with Crippen molar-refractivity contribution in [1.82, 2.24) is 10.3 Å². The van der Waals surface area contributed by atoms with Crippen molar-refractivity contribution in [3.05, 3.63) is 11.4 Å². The minimum absolute atomic E-state index is 0.364. The van der Waals surface area contributed by atoms with Gasteiger partial charge in [-0.1, -0.05) is 24.2 Å². The zero-order valence-corrected chi connectivity index (χ0v) is 6.87. The van der Waals surface area contributed by atoms with E-state index in [-0.39, 0.29) is 0 Å². The summed E-state index contributed by atoms with van der Waals surface area (Å²) in [4.78, 5) is 0. The fourth-order valence-electron chi connectivity index (χ4n) is 0.962. The first-order valence-corrected chi connectivity index (χ1v) is 3.77. The lowest BCUT2D eigenvalue weighted by Crippen LogP contribution is -2.05. The van der Waals surface area contributed by atoms with Gasteiger partial charge in [-0.2, -0.15) is 0 Å². The van der Waals surface area contributed by atoms with Crippen LogP contribution in [-0.4, -0.2) is 16.9 Å². The van der Waals surface area contributed by atoms with Crippen LogP contribution in [0.2, 0.25) is 0 Å². The Morgan fingerprint density at radius 3 is 2.73 bits per heavy atom. The molecule has 0 aromatic carbocycles. The molecule has 0 saturated carbocycles. The smallest absolute Gasteiger partial charge is 0.110 e. The molecule has 0 saturated heterocycles. The van der Waals surface area contributed by atoms with Gasteiger partial charge in [0.2, 0.25) is 0 Å². The van der Waals surface area contributed by atoms with Crippen molar-refractivity contribution < 1.29 is 4.63 Å². The third-order valence-electron chi connectivity index (χ3n) is 1.51. The van der Waals surface area contributed by atoms with E-state index in [1.165, 1.54) is 0 Å². The summed E-state index contributed by atoms with van der Waals surface area (Å²) in [7, 11) is 0. The number of nitrogens with zero attached hydrogens (tertiary/aromatic N) is 2. The molecule has 0 aliphatic heterocycles. The molecule has 1 aromatic heterocycles. The van der Waals surface area contributed by atoms with Crippen LogP contribution in [0.15, 0.2) is 4.63 Å². The van der Waals surface area contributed by atoms with Crippen LogP contribution in [-0.2, 0) is 6.42 Å². The topological polar surface area (TPSA) is 64.9 Å². The van der Waals surface area contributed by atoms with Gasteiger partial charge in [0, 0.05) is 12.3 Å². The average molecular weight is 155 g/mol. The van der Waals surface area contributed by atoms with Crippen LogP contribution < -0.4 is 5.73 Å². The monoisotopic (exact) mass is 155 g/mol. The molecule has 0 aliphatic rings. The molecule has 11 heavy (non-hydrogen) atoms. The van der Waals surface area contributed by atoms with Crippen LogP contribution in [0, 0.1) is 0 Å². The number of nitrogens with two attached hydrogens (primary N) is 1. The largest absolute Gasteiger partial charge is 0.330 e. The summed E-state index contributed by atoms with van der Waals surface area (Å²) in [5.41, 5.74) is 7.20. The standard InChI is InChI=1S/C7H13N3O/c1-5(2)7-6(3-4-8)9-11-10-7/h5H,3-4,8H2,1-2H3. The third kappa shape index (κ3) is 1.77. The maximum atomic E-state index is 5.38. The van der Waals surface area contributed by atoms with E-state index in [0.717, 1.165) is 17.8 Å². The van der Waals surface area contributed by atoms with Crippen LogP contribution in [0.5, 0.6) is 0 Å². The molecular formula is C7H13N3O. The normalized spacial score (nSPS) is 10.9. The lowest BCUT2D eigenvalue weighted by Gasteiger charge is -1.98. The van der Waals surface area contributed by atoms with E-state index in [1.807, 2.05) is 0 Å². The fraction of sp³-hybridized carbons (Fsp3) is 0.714. The molecule has 2 N–H and O–H groups in total. The van der Waals surface area contributed by atoms with Gasteiger partial charge in [0.05, 0.1) is 0 Å². The van der Waals surface area contributed by atoms with E-state index in [0.29, 0.717) is 12.5 Å². The highest BCUT2D eigenvalue weighted by Crippen LogP contribution is 2.14. The first-order chi connectivity index (χ1) is 5.25. The number of hydrogen-bond donors (Lipinski definition) is 1. The Balaban J connectivity index is 2.78. The van der Waals surface area contributed by atoms with Crippen molar-refractivity contribution in [3.63, 3.8) is 0 Å². The summed E-state index contributed by atoms with van der Waals surface area (Å²) in [6.07, 6.45) is 0.747. The van der Waals surface area contributed by atoms with E-state index in [4.69, 9.17) is 5.73 Å². The molecular weight excluding hydrogens is 142 g/mol. The minimum Gasteiger partial charge on any atom is -0.330 e. The second-order valence-electron chi connectivity index (χ2n) is 2.79. The van der Waals surface area contributed by atoms with E-state index in [1.54, 1.807) is 0 Å². The Bertz CT molecular complexity index is 219. The van der Waals surface area contributed by atoms with Crippen LogP contribution in [0.4, 0.5) is 0 Å². The van der Waals surface area contributed by atoms with E-state index in [2.05, 4.69) is 28.8 Å². The second-order valence-corrected chi connectivity index (χ2v) is 2.79. The van der Waals surface area contributed by atoms with Crippen molar-refractivity contribution >= 4 is 0 Å². The molecule has 0 unspecified atom stereocenters. The molecule has 62 valence electrons. The maximum Gasteiger partial charge on any atom is 0.110 e. The van der Waals surface area contributed by atoms with Crippen LogP contribution in [0.1, 0.15) is 31.2 Å². The molecule has 0 atom stereocenters. The summed E-state index contributed by atoms with van der Waals surface area (Å²) in [5, 5.41) is 7.55. The molecule has 1 aromatic rings. The van der Waals surface area contributed by atoms with Gasteiger partial charge in [-0.05, 0) is 6.54 Å². The Morgan fingerprint density at radius 1 is 1.45 bits per heavy atom. The van der Waals surface area contributed by atoms with Crippen molar-refractivity contribution in [2.45, 2.75) is 26.2 Å². The van der Waals surface area contributed by atoms with E-state index >= 15 is 0 Å². The zero-order valence-electron chi connectivity index (χ0n) is 6.87. The van der Waals surface area contributed by atoms with Gasteiger partial charge in [-0.3, -0.25) is 0 Å². The summed E-state index contributed by atoms with van der Waals surface area (Å²) in [6, 6.07) is 0. The van der Waals surface area contributed by atoms with Crippen molar-refractivity contribution in [2.75, 3.05) is 6.54 Å². The average Bonchev–Trinajstić information content (AvgIpc) is 2.36. The SMILES string of the molecule is CC(C)c1nonc1CCN. The van der Waals surface area contributed by atoms with E-state index in [9.17, 15) is 0 Å². The molecule has 0 bridgehead atoms. The molecule has 0 aliphatic carbocycles. The Morgan fingerprint density at radius 2 is 2.18 bits per heavy atom. The van der Waals surface area contributed by atoms with Gasteiger partial charge in [0.1, 0.15) is 11.4 Å². The van der Waals surface area contributed by atoms with Gasteiger partial charge in [0.15, 0.2) is 0 Å². The summed E-state index contributed by atoms with van der Waals surface area (Å²) < 4.78 is 4.60.